The lowest BCUT2D eigenvalue weighted by Gasteiger charge is -2.18. The van der Waals surface area contributed by atoms with Crippen LogP contribution in [-0.2, 0) is 11.8 Å². The number of nitrogens with zero attached hydrogens (tertiary/aromatic N) is 2. The van der Waals surface area contributed by atoms with Gasteiger partial charge in [0.25, 0.3) is 0 Å². The van der Waals surface area contributed by atoms with E-state index >= 15 is 0 Å². The molecule has 21 heavy (non-hydrogen) atoms. The third-order valence-electron chi connectivity index (χ3n) is 3.09. The lowest BCUT2D eigenvalue weighted by molar-refractivity contribution is -0.120. The third-order valence-corrected chi connectivity index (χ3v) is 4.68. The molecule has 1 atom stereocenters. The molecule has 0 aliphatic rings. The Bertz CT molecular complexity index is 681. The first kappa shape index (κ1) is 15.4. The number of hydrogen-bond acceptors (Lipinski definition) is 4. The van der Waals surface area contributed by atoms with E-state index in [1.54, 1.807) is 0 Å². The number of amides is 3. The molecule has 0 saturated carbocycles. The Hall–Kier alpha value is -2.02. The van der Waals surface area contributed by atoms with Gasteiger partial charge in [-0.2, -0.15) is 0 Å². The fraction of sp³-hybridized carbons (Fsp3) is 0.357. The van der Waals surface area contributed by atoms with Gasteiger partial charge in [-0.1, -0.05) is 37.7 Å². The number of imidazole rings is 1. The molecular weight excluding hydrogens is 288 g/mol. The van der Waals surface area contributed by atoms with Gasteiger partial charge >= 0.3 is 6.03 Å². The van der Waals surface area contributed by atoms with Gasteiger partial charge in [0.2, 0.25) is 5.91 Å². The minimum absolute atomic E-state index is 0.0363. The molecule has 3 amide bonds. The van der Waals surface area contributed by atoms with Gasteiger partial charge in [0.15, 0.2) is 5.16 Å². The number of aromatic nitrogens is 2. The van der Waals surface area contributed by atoms with E-state index in [1.807, 2.05) is 49.7 Å². The van der Waals surface area contributed by atoms with Crippen LogP contribution >= 0.6 is 11.8 Å². The topological polar surface area (TPSA) is 90.0 Å². The van der Waals surface area contributed by atoms with Gasteiger partial charge in [-0.25, -0.2) is 9.78 Å². The summed E-state index contributed by atoms with van der Waals surface area (Å²) in [5.74, 6) is -0.358. The molecule has 1 aromatic heterocycles. The molecule has 0 saturated heterocycles. The van der Waals surface area contributed by atoms with Crippen LogP contribution in [0.2, 0.25) is 0 Å². The Balaban J connectivity index is 2.29. The van der Waals surface area contributed by atoms with Crippen molar-refractivity contribution in [3.63, 3.8) is 0 Å². The van der Waals surface area contributed by atoms with Crippen LogP contribution in [0.3, 0.4) is 0 Å². The molecule has 0 aliphatic heterocycles. The summed E-state index contributed by atoms with van der Waals surface area (Å²) >= 11 is 1.33. The maximum atomic E-state index is 12.1. The summed E-state index contributed by atoms with van der Waals surface area (Å²) in [5, 5.41) is 2.43. The van der Waals surface area contributed by atoms with E-state index in [2.05, 4.69) is 10.3 Å². The molecule has 112 valence electrons. The van der Waals surface area contributed by atoms with Gasteiger partial charge in [0.05, 0.1) is 16.3 Å². The number of carbonyl (C=O) groups is 2. The number of urea groups is 1. The first-order valence-electron chi connectivity index (χ1n) is 6.58. The van der Waals surface area contributed by atoms with E-state index in [0.717, 1.165) is 16.2 Å². The quantitative estimate of drug-likeness (QED) is 0.844. The van der Waals surface area contributed by atoms with Crippen LogP contribution in [0.4, 0.5) is 4.79 Å². The largest absolute Gasteiger partial charge is 0.351 e. The fourth-order valence-electron chi connectivity index (χ4n) is 2.03. The Morgan fingerprint density at radius 3 is 2.57 bits per heavy atom. The summed E-state index contributed by atoms with van der Waals surface area (Å²) in [6.45, 7) is 3.84. The third kappa shape index (κ3) is 3.36. The summed E-state index contributed by atoms with van der Waals surface area (Å²) in [6, 6.07) is 6.92. The van der Waals surface area contributed by atoms with Gasteiger partial charge in [0.1, 0.15) is 0 Å². The van der Waals surface area contributed by atoms with Gasteiger partial charge in [0, 0.05) is 7.05 Å². The summed E-state index contributed by atoms with van der Waals surface area (Å²) in [5.41, 5.74) is 6.89. The zero-order valence-electron chi connectivity index (χ0n) is 12.2. The van der Waals surface area contributed by atoms with Crippen molar-refractivity contribution in [3.05, 3.63) is 24.3 Å². The van der Waals surface area contributed by atoms with Crippen LogP contribution in [0.1, 0.15) is 13.8 Å². The molecule has 2 rings (SSSR count). The number of rotatable bonds is 4. The Kier molecular flexibility index (Phi) is 4.52. The highest BCUT2D eigenvalue weighted by molar-refractivity contribution is 8.00. The monoisotopic (exact) mass is 306 g/mol. The lowest BCUT2D eigenvalue weighted by atomic mass is 10.1. The SMILES string of the molecule is CC(C)C(Sc1nc2ccccc2n1C)C(=O)NC(N)=O. The normalized spacial score (nSPS) is 12.6. The number of imide groups is 1. The van der Waals surface area contributed by atoms with Crippen molar-refractivity contribution in [3.8, 4) is 0 Å². The molecular formula is C14H18N4O2S. The van der Waals surface area contributed by atoms with Crippen molar-refractivity contribution in [1.82, 2.24) is 14.9 Å². The molecule has 2 aromatic rings. The Morgan fingerprint density at radius 1 is 1.33 bits per heavy atom. The van der Waals surface area contributed by atoms with Crippen molar-refractivity contribution >= 4 is 34.7 Å². The van der Waals surface area contributed by atoms with Crippen LogP contribution in [-0.4, -0.2) is 26.7 Å². The van der Waals surface area contributed by atoms with Crippen LogP contribution in [0.5, 0.6) is 0 Å². The van der Waals surface area contributed by atoms with Crippen LogP contribution < -0.4 is 11.1 Å². The van der Waals surface area contributed by atoms with Gasteiger partial charge < -0.3 is 10.3 Å². The minimum atomic E-state index is -0.837. The van der Waals surface area contributed by atoms with Crippen molar-refractivity contribution < 1.29 is 9.59 Å². The van der Waals surface area contributed by atoms with Crippen LogP contribution in [0.15, 0.2) is 29.4 Å². The minimum Gasteiger partial charge on any atom is -0.351 e. The summed E-state index contributed by atoms with van der Waals surface area (Å²) in [6.07, 6.45) is 0. The zero-order valence-corrected chi connectivity index (χ0v) is 13.0. The molecule has 0 aliphatic carbocycles. The number of primary amides is 1. The van der Waals surface area contributed by atoms with Crippen molar-refractivity contribution in [2.24, 2.45) is 18.7 Å². The number of hydrogen-bond donors (Lipinski definition) is 2. The molecule has 6 nitrogen and oxygen atoms in total. The fourth-order valence-corrected chi connectivity index (χ4v) is 3.10. The van der Waals surface area contributed by atoms with E-state index in [1.165, 1.54) is 11.8 Å². The van der Waals surface area contributed by atoms with Gasteiger partial charge in [-0.05, 0) is 18.1 Å². The van der Waals surface area contributed by atoms with E-state index in [0.29, 0.717) is 0 Å². The molecule has 1 unspecified atom stereocenters. The highest BCUT2D eigenvalue weighted by Gasteiger charge is 2.26. The number of para-hydroxylation sites is 2. The maximum Gasteiger partial charge on any atom is 0.318 e. The number of thioether (sulfide) groups is 1. The molecule has 0 fully saturated rings. The van der Waals surface area contributed by atoms with Gasteiger partial charge in [-0.15, -0.1) is 0 Å². The van der Waals surface area contributed by atoms with Gasteiger partial charge in [-0.3, -0.25) is 10.1 Å². The number of nitrogens with two attached hydrogens (primary N) is 1. The summed E-state index contributed by atoms with van der Waals surface area (Å²) < 4.78 is 1.94. The van der Waals surface area contributed by atoms with Crippen molar-refractivity contribution in [1.29, 1.82) is 0 Å². The average Bonchev–Trinajstić information content (AvgIpc) is 2.72. The smallest absolute Gasteiger partial charge is 0.318 e. The predicted octanol–water partition coefficient (Wildman–Crippen LogP) is 1.88. The highest BCUT2D eigenvalue weighted by atomic mass is 32.2. The molecule has 1 heterocycles. The second-order valence-electron chi connectivity index (χ2n) is 5.08. The molecule has 3 N–H and O–H groups in total. The van der Waals surface area contributed by atoms with Crippen molar-refractivity contribution in [2.45, 2.75) is 24.3 Å². The molecule has 1 aromatic carbocycles. The van der Waals surface area contributed by atoms with Crippen LogP contribution in [0, 0.1) is 5.92 Å². The van der Waals surface area contributed by atoms with E-state index in [9.17, 15) is 9.59 Å². The summed E-state index contributed by atoms with van der Waals surface area (Å²) in [4.78, 5) is 27.4. The first-order valence-corrected chi connectivity index (χ1v) is 7.46. The highest BCUT2D eigenvalue weighted by Crippen LogP contribution is 2.29. The molecule has 0 spiro atoms. The maximum absolute atomic E-state index is 12.1. The number of carbonyl (C=O) groups excluding carboxylic acids is 2. The second-order valence-corrected chi connectivity index (χ2v) is 6.19. The average molecular weight is 306 g/mol. The Labute approximate surface area is 127 Å². The zero-order chi connectivity index (χ0) is 15.6. The Morgan fingerprint density at radius 2 is 2.00 bits per heavy atom. The van der Waals surface area contributed by atoms with Crippen molar-refractivity contribution in [2.75, 3.05) is 0 Å². The standard InChI is InChI=1S/C14H18N4O2S/c1-8(2)11(12(19)17-13(15)20)21-14-16-9-6-4-5-7-10(9)18(14)3/h4-8,11H,1-3H3,(H3,15,17,19,20). The number of fused-ring (bicyclic) bond motifs is 1. The van der Waals surface area contributed by atoms with Crippen LogP contribution in [0.25, 0.3) is 11.0 Å². The first-order chi connectivity index (χ1) is 9.90. The lowest BCUT2D eigenvalue weighted by Crippen LogP contribution is -2.42. The van der Waals surface area contributed by atoms with E-state index < -0.39 is 17.2 Å². The molecule has 0 bridgehead atoms. The number of nitrogens with one attached hydrogen (secondary N) is 1. The number of aryl methyl sites for hydroxylation is 1. The predicted molar refractivity (Wildman–Crippen MR) is 82.9 cm³/mol. The molecule has 7 heteroatoms. The van der Waals surface area contributed by atoms with E-state index in [-0.39, 0.29) is 5.92 Å². The van der Waals surface area contributed by atoms with E-state index in [4.69, 9.17) is 5.73 Å². The summed E-state index contributed by atoms with van der Waals surface area (Å²) in [7, 11) is 1.90. The number of benzene rings is 1. The molecule has 0 radical (unpaired) electrons. The second kappa shape index (κ2) is 6.17.